The number of para-hydroxylation sites is 5. The molecule has 62 heavy (non-hydrogen) atoms. The molecular weight excluding hydrogens is 757 g/mol. The minimum Gasteiger partial charge on any atom is -0.456 e. The van der Waals surface area contributed by atoms with Crippen molar-refractivity contribution in [2.75, 3.05) is 4.90 Å². The lowest BCUT2D eigenvalue weighted by Gasteiger charge is -2.28. The lowest BCUT2D eigenvalue weighted by Crippen LogP contribution is -2.11. The zero-order chi connectivity index (χ0) is 40.7. The first kappa shape index (κ1) is 34.5. The lowest BCUT2D eigenvalue weighted by atomic mass is 9.96. The molecule has 13 aromatic rings. The van der Waals surface area contributed by atoms with Crippen molar-refractivity contribution >= 4 is 93.5 Å². The molecule has 4 heteroatoms. The molecule has 0 aliphatic rings. The van der Waals surface area contributed by atoms with Crippen LogP contribution < -0.4 is 4.90 Å². The number of nitrogens with zero attached hydrogens (tertiary/aromatic N) is 2. The van der Waals surface area contributed by atoms with Gasteiger partial charge < -0.3 is 18.3 Å². The summed E-state index contributed by atoms with van der Waals surface area (Å²) in [6.45, 7) is 0. The van der Waals surface area contributed by atoms with Gasteiger partial charge in [0.2, 0.25) is 0 Å². The maximum absolute atomic E-state index is 6.69. The van der Waals surface area contributed by atoms with E-state index in [9.17, 15) is 0 Å². The molecule has 0 saturated heterocycles. The highest BCUT2D eigenvalue weighted by Crippen LogP contribution is 2.47. The third-order valence-corrected chi connectivity index (χ3v) is 12.6. The second-order valence-corrected chi connectivity index (χ2v) is 16.0. The smallest absolute Gasteiger partial charge is 0.143 e. The normalized spacial score (nSPS) is 11.9. The Labute approximate surface area is 356 Å². The van der Waals surface area contributed by atoms with Gasteiger partial charge in [0.05, 0.1) is 22.4 Å². The first-order valence-electron chi connectivity index (χ1n) is 21.1. The zero-order valence-corrected chi connectivity index (χ0v) is 33.5. The van der Waals surface area contributed by atoms with Gasteiger partial charge in [0, 0.05) is 66.3 Å². The van der Waals surface area contributed by atoms with Crippen LogP contribution in [0.5, 0.6) is 0 Å². The average molecular weight is 793 g/mol. The van der Waals surface area contributed by atoms with Gasteiger partial charge in [-0.25, -0.2) is 0 Å². The molecule has 0 unspecified atom stereocenters. The van der Waals surface area contributed by atoms with E-state index in [4.69, 9.17) is 8.83 Å². The molecule has 10 aromatic carbocycles. The molecule has 0 amide bonds. The van der Waals surface area contributed by atoms with Crippen LogP contribution in [0.4, 0.5) is 17.1 Å². The van der Waals surface area contributed by atoms with Gasteiger partial charge in [0.25, 0.3) is 0 Å². The van der Waals surface area contributed by atoms with Crippen LogP contribution in [0.25, 0.3) is 104 Å². The van der Waals surface area contributed by atoms with Crippen molar-refractivity contribution < 1.29 is 8.83 Å². The Morgan fingerprint density at radius 2 is 0.952 bits per heavy atom. The molecule has 0 spiro atoms. The minimum atomic E-state index is 0.845. The maximum Gasteiger partial charge on any atom is 0.143 e. The summed E-state index contributed by atoms with van der Waals surface area (Å²) in [5, 5.41) is 9.17. The van der Waals surface area contributed by atoms with Gasteiger partial charge in [-0.15, -0.1) is 0 Å². The summed E-state index contributed by atoms with van der Waals surface area (Å²) in [5.41, 5.74) is 14.6. The number of aromatic nitrogens is 1. The predicted molar refractivity (Wildman–Crippen MR) is 258 cm³/mol. The molecular formula is C58H36N2O2. The molecule has 4 nitrogen and oxygen atoms in total. The third kappa shape index (κ3) is 5.20. The summed E-state index contributed by atoms with van der Waals surface area (Å²) in [6, 6.07) is 77.9. The Morgan fingerprint density at radius 3 is 1.77 bits per heavy atom. The Kier molecular flexibility index (Phi) is 7.57. The van der Waals surface area contributed by atoms with Gasteiger partial charge >= 0.3 is 0 Å². The highest BCUT2D eigenvalue weighted by atomic mass is 16.3. The molecule has 0 saturated carbocycles. The molecule has 0 N–H and O–H groups in total. The number of anilines is 3. The summed E-state index contributed by atoms with van der Waals surface area (Å²) < 4.78 is 15.6. The van der Waals surface area contributed by atoms with Crippen molar-refractivity contribution in [3.8, 4) is 27.9 Å². The zero-order valence-electron chi connectivity index (χ0n) is 33.5. The van der Waals surface area contributed by atoms with Crippen molar-refractivity contribution in [3.05, 3.63) is 218 Å². The maximum atomic E-state index is 6.69. The summed E-state index contributed by atoms with van der Waals surface area (Å²) in [7, 11) is 0. The molecule has 13 rings (SSSR count). The van der Waals surface area contributed by atoms with E-state index in [0.29, 0.717) is 0 Å². The number of fused-ring (bicyclic) bond motifs is 11. The summed E-state index contributed by atoms with van der Waals surface area (Å²) in [5.74, 6) is 0. The molecule has 0 aliphatic heterocycles. The molecule has 3 heterocycles. The van der Waals surface area contributed by atoms with E-state index in [-0.39, 0.29) is 0 Å². The van der Waals surface area contributed by atoms with Crippen molar-refractivity contribution in [1.29, 1.82) is 0 Å². The molecule has 0 radical (unpaired) electrons. The standard InChI is InChI=1S/C58H36N2O2/c1-2-16-42-37(14-1)30-34-49-57-48(21-13-27-55(57)62-58(42)49)45-19-6-9-23-51(45)59(40-33-35-47-46-20-7-12-26-54(46)61-56(47)36-40)39-31-28-38(29-32-39)41-15-3-8-22-50(41)60-52-24-10-4-17-43(52)44-18-5-11-25-53(44)60/h1-36H. The van der Waals surface area contributed by atoms with Gasteiger partial charge in [-0.05, 0) is 83.2 Å². The Balaban J connectivity index is 1.00. The van der Waals surface area contributed by atoms with Crippen molar-refractivity contribution in [2.45, 2.75) is 0 Å². The molecule has 0 atom stereocenters. The largest absolute Gasteiger partial charge is 0.456 e. The van der Waals surface area contributed by atoms with Crippen LogP contribution in [0, 0.1) is 0 Å². The second-order valence-electron chi connectivity index (χ2n) is 16.0. The molecule has 0 fully saturated rings. The number of rotatable bonds is 6. The van der Waals surface area contributed by atoms with Crippen molar-refractivity contribution in [3.63, 3.8) is 0 Å². The van der Waals surface area contributed by atoms with Crippen LogP contribution in [0.1, 0.15) is 0 Å². The van der Waals surface area contributed by atoms with Crippen LogP contribution in [-0.2, 0) is 0 Å². The lowest BCUT2D eigenvalue weighted by molar-refractivity contribution is 0.669. The van der Waals surface area contributed by atoms with E-state index in [2.05, 4.69) is 216 Å². The SMILES string of the molecule is c1ccc(N(c2ccc(-c3ccccc3-n3c4ccccc4c4ccccc43)cc2)c2ccc3c(c2)oc2ccccc23)c(-c2cccc3oc4c5ccccc5ccc4c23)c1. The Morgan fingerprint density at radius 1 is 0.355 bits per heavy atom. The fourth-order valence-electron chi connectivity index (χ4n) is 9.84. The summed E-state index contributed by atoms with van der Waals surface area (Å²) in [6.07, 6.45) is 0. The molecule has 290 valence electrons. The average Bonchev–Trinajstić information content (AvgIpc) is 4.02. The fourth-order valence-corrected chi connectivity index (χ4v) is 9.84. The third-order valence-electron chi connectivity index (χ3n) is 12.6. The van der Waals surface area contributed by atoms with Crippen LogP contribution in [0.2, 0.25) is 0 Å². The minimum absolute atomic E-state index is 0.845. The van der Waals surface area contributed by atoms with Crippen LogP contribution >= 0.6 is 0 Å². The molecule has 0 aliphatic carbocycles. The summed E-state index contributed by atoms with van der Waals surface area (Å²) in [4.78, 5) is 2.36. The number of furan rings is 2. The first-order valence-corrected chi connectivity index (χ1v) is 21.1. The van der Waals surface area contributed by atoms with Gasteiger partial charge in [-0.1, -0.05) is 146 Å². The van der Waals surface area contributed by atoms with E-state index in [1.165, 1.54) is 21.8 Å². The topological polar surface area (TPSA) is 34.5 Å². The monoisotopic (exact) mass is 792 g/mol. The van der Waals surface area contributed by atoms with E-state index >= 15 is 0 Å². The van der Waals surface area contributed by atoms with E-state index in [1.807, 2.05) is 12.1 Å². The van der Waals surface area contributed by atoms with Gasteiger partial charge in [-0.2, -0.15) is 0 Å². The van der Waals surface area contributed by atoms with E-state index < -0.39 is 0 Å². The number of benzene rings is 10. The first-order chi connectivity index (χ1) is 30.8. The highest BCUT2D eigenvalue weighted by Gasteiger charge is 2.23. The fraction of sp³-hybridized carbons (Fsp3) is 0. The molecule has 3 aromatic heterocycles. The quantitative estimate of drug-likeness (QED) is 0.168. The number of hydrogen-bond donors (Lipinski definition) is 0. The second kappa shape index (κ2) is 13.6. The predicted octanol–water partition coefficient (Wildman–Crippen LogP) is 16.5. The van der Waals surface area contributed by atoms with Gasteiger partial charge in [0.15, 0.2) is 0 Å². The van der Waals surface area contributed by atoms with Crippen LogP contribution in [0.15, 0.2) is 227 Å². The van der Waals surface area contributed by atoms with E-state index in [1.54, 1.807) is 0 Å². The van der Waals surface area contributed by atoms with Crippen LogP contribution in [0.3, 0.4) is 0 Å². The van der Waals surface area contributed by atoms with E-state index in [0.717, 1.165) is 99.7 Å². The Bertz CT molecular complexity index is 3830. The highest BCUT2D eigenvalue weighted by molar-refractivity contribution is 6.20. The summed E-state index contributed by atoms with van der Waals surface area (Å²) >= 11 is 0. The van der Waals surface area contributed by atoms with Gasteiger partial charge in [0.1, 0.15) is 22.3 Å². The Hall–Kier alpha value is -8.34. The molecule has 0 bridgehead atoms. The van der Waals surface area contributed by atoms with Crippen LogP contribution in [-0.4, -0.2) is 4.57 Å². The number of hydrogen-bond acceptors (Lipinski definition) is 3. The van der Waals surface area contributed by atoms with Gasteiger partial charge in [-0.3, -0.25) is 0 Å². The van der Waals surface area contributed by atoms with Crippen molar-refractivity contribution in [1.82, 2.24) is 4.57 Å². The van der Waals surface area contributed by atoms with Crippen molar-refractivity contribution in [2.24, 2.45) is 0 Å².